The molecule has 0 aromatic heterocycles. The molecule has 1 atom stereocenters. The van der Waals surface area contributed by atoms with E-state index in [1.807, 2.05) is 0 Å². The van der Waals surface area contributed by atoms with Crippen molar-refractivity contribution in [3.63, 3.8) is 0 Å². The molecule has 0 fully saturated rings. The average Bonchev–Trinajstić information content (AvgIpc) is 2.17. The van der Waals surface area contributed by atoms with Gasteiger partial charge in [-0.1, -0.05) is 22.0 Å². The molecular formula is C10H11BrO4. The highest BCUT2D eigenvalue weighted by atomic mass is 79.9. The zero-order chi connectivity index (χ0) is 11.4. The summed E-state index contributed by atoms with van der Waals surface area (Å²) in [4.78, 5) is 10.9. The van der Waals surface area contributed by atoms with Gasteiger partial charge in [0.2, 0.25) is 0 Å². The van der Waals surface area contributed by atoms with Crippen molar-refractivity contribution in [1.82, 2.24) is 0 Å². The van der Waals surface area contributed by atoms with E-state index in [1.54, 1.807) is 12.1 Å². The summed E-state index contributed by atoms with van der Waals surface area (Å²) in [6, 6.07) is 4.68. The summed E-state index contributed by atoms with van der Waals surface area (Å²) in [6.45, 7) is 0. The minimum Gasteiger partial charge on any atom is -0.508 e. The molecular weight excluding hydrogens is 264 g/mol. The SMILES string of the molecule is COC(=O)CC(O)c1ccc(Br)cc1O. The van der Waals surface area contributed by atoms with E-state index in [0.29, 0.717) is 10.0 Å². The van der Waals surface area contributed by atoms with Crippen molar-refractivity contribution in [3.05, 3.63) is 28.2 Å². The minimum atomic E-state index is -1.05. The molecule has 0 heterocycles. The highest BCUT2D eigenvalue weighted by Gasteiger charge is 2.16. The summed E-state index contributed by atoms with van der Waals surface area (Å²) in [6.07, 6.45) is -1.23. The molecule has 0 saturated carbocycles. The number of ether oxygens (including phenoxy) is 1. The van der Waals surface area contributed by atoms with Gasteiger partial charge < -0.3 is 14.9 Å². The summed E-state index contributed by atoms with van der Waals surface area (Å²) < 4.78 is 5.12. The van der Waals surface area contributed by atoms with Gasteiger partial charge in [0.25, 0.3) is 0 Å². The summed E-state index contributed by atoms with van der Waals surface area (Å²) in [5, 5.41) is 19.1. The predicted molar refractivity (Wildman–Crippen MR) is 57.4 cm³/mol. The van der Waals surface area contributed by atoms with Gasteiger partial charge >= 0.3 is 5.97 Å². The predicted octanol–water partition coefficient (Wildman–Crippen LogP) is 1.75. The molecule has 82 valence electrons. The zero-order valence-corrected chi connectivity index (χ0v) is 9.69. The first kappa shape index (κ1) is 12.0. The van der Waals surface area contributed by atoms with Gasteiger partial charge in [0, 0.05) is 10.0 Å². The standard InChI is InChI=1S/C10H11BrO4/c1-15-10(14)5-9(13)7-3-2-6(11)4-8(7)12/h2-4,9,12-13H,5H2,1H3. The molecule has 1 rings (SSSR count). The lowest BCUT2D eigenvalue weighted by Gasteiger charge is -2.11. The Labute approximate surface area is 95.6 Å². The fourth-order valence-electron chi connectivity index (χ4n) is 1.15. The van der Waals surface area contributed by atoms with Crippen LogP contribution in [0.5, 0.6) is 5.75 Å². The number of aromatic hydroxyl groups is 1. The third-order valence-electron chi connectivity index (χ3n) is 1.94. The number of aliphatic hydroxyl groups excluding tert-OH is 1. The molecule has 15 heavy (non-hydrogen) atoms. The number of aliphatic hydroxyl groups is 1. The van der Waals surface area contributed by atoms with Crippen molar-refractivity contribution in [2.24, 2.45) is 0 Å². The van der Waals surface area contributed by atoms with Crippen LogP contribution < -0.4 is 0 Å². The monoisotopic (exact) mass is 274 g/mol. The quantitative estimate of drug-likeness (QED) is 0.825. The number of benzene rings is 1. The topological polar surface area (TPSA) is 66.8 Å². The largest absolute Gasteiger partial charge is 0.508 e. The minimum absolute atomic E-state index is 0.0548. The second kappa shape index (κ2) is 5.14. The molecule has 2 N–H and O–H groups in total. The van der Waals surface area contributed by atoms with Crippen LogP contribution in [-0.2, 0) is 9.53 Å². The lowest BCUT2D eigenvalue weighted by molar-refractivity contribution is -0.142. The third kappa shape index (κ3) is 3.21. The van der Waals surface area contributed by atoms with Crippen molar-refractivity contribution in [2.75, 3.05) is 7.11 Å². The van der Waals surface area contributed by atoms with Crippen LogP contribution in [-0.4, -0.2) is 23.3 Å². The van der Waals surface area contributed by atoms with E-state index in [-0.39, 0.29) is 12.2 Å². The molecule has 0 radical (unpaired) electrons. The Bertz CT molecular complexity index is 364. The van der Waals surface area contributed by atoms with Gasteiger partial charge in [-0.2, -0.15) is 0 Å². The molecule has 0 bridgehead atoms. The van der Waals surface area contributed by atoms with Crippen LogP contribution in [0.2, 0.25) is 0 Å². The van der Waals surface area contributed by atoms with E-state index >= 15 is 0 Å². The Balaban J connectivity index is 2.82. The maximum absolute atomic E-state index is 10.9. The van der Waals surface area contributed by atoms with E-state index in [1.165, 1.54) is 13.2 Å². The Morgan fingerprint density at radius 1 is 1.60 bits per heavy atom. The Morgan fingerprint density at radius 3 is 2.80 bits per heavy atom. The first-order valence-electron chi connectivity index (χ1n) is 4.28. The molecule has 5 heteroatoms. The molecule has 0 aliphatic heterocycles. The molecule has 0 spiro atoms. The van der Waals surface area contributed by atoms with Crippen LogP contribution in [0, 0.1) is 0 Å². The molecule has 1 unspecified atom stereocenters. The van der Waals surface area contributed by atoms with E-state index in [4.69, 9.17) is 0 Å². The zero-order valence-electron chi connectivity index (χ0n) is 8.11. The number of carbonyl (C=O) groups excluding carboxylic acids is 1. The lowest BCUT2D eigenvalue weighted by Crippen LogP contribution is -2.08. The van der Waals surface area contributed by atoms with Crippen LogP contribution in [0.4, 0.5) is 0 Å². The average molecular weight is 275 g/mol. The van der Waals surface area contributed by atoms with Gasteiger partial charge in [-0.05, 0) is 12.1 Å². The van der Waals surface area contributed by atoms with Gasteiger partial charge in [0.05, 0.1) is 19.6 Å². The van der Waals surface area contributed by atoms with Gasteiger partial charge in [-0.25, -0.2) is 0 Å². The van der Waals surface area contributed by atoms with Crippen LogP contribution in [0.15, 0.2) is 22.7 Å². The Morgan fingerprint density at radius 2 is 2.27 bits per heavy atom. The number of phenolic OH excluding ortho intramolecular Hbond substituents is 1. The maximum atomic E-state index is 10.9. The van der Waals surface area contributed by atoms with Crippen molar-refractivity contribution in [2.45, 2.75) is 12.5 Å². The number of phenols is 1. The summed E-state index contributed by atoms with van der Waals surface area (Å²) in [7, 11) is 1.25. The first-order chi connectivity index (χ1) is 7.04. The van der Waals surface area contributed by atoms with Crippen LogP contribution in [0.1, 0.15) is 18.1 Å². The van der Waals surface area contributed by atoms with Crippen molar-refractivity contribution < 1.29 is 19.7 Å². The molecule has 1 aromatic rings. The van der Waals surface area contributed by atoms with Gasteiger partial charge in [0.15, 0.2) is 0 Å². The first-order valence-corrected chi connectivity index (χ1v) is 5.07. The Kier molecular flexibility index (Phi) is 4.11. The third-order valence-corrected chi connectivity index (χ3v) is 2.43. The summed E-state index contributed by atoms with van der Waals surface area (Å²) in [5.74, 6) is -0.578. The van der Waals surface area contributed by atoms with E-state index in [0.717, 1.165) is 0 Å². The van der Waals surface area contributed by atoms with Gasteiger partial charge in [-0.3, -0.25) is 4.79 Å². The second-order valence-corrected chi connectivity index (χ2v) is 3.91. The molecule has 0 amide bonds. The Hall–Kier alpha value is -1.07. The van der Waals surface area contributed by atoms with E-state index < -0.39 is 12.1 Å². The second-order valence-electron chi connectivity index (χ2n) is 3.00. The van der Waals surface area contributed by atoms with Crippen LogP contribution in [0.3, 0.4) is 0 Å². The number of hydrogen-bond acceptors (Lipinski definition) is 4. The highest BCUT2D eigenvalue weighted by Crippen LogP contribution is 2.29. The number of hydrogen-bond donors (Lipinski definition) is 2. The molecule has 4 nitrogen and oxygen atoms in total. The van der Waals surface area contributed by atoms with Gasteiger partial charge in [-0.15, -0.1) is 0 Å². The fraction of sp³-hybridized carbons (Fsp3) is 0.300. The number of esters is 1. The number of rotatable bonds is 3. The molecule has 1 aromatic carbocycles. The number of halogens is 1. The molecule has 0 saturated heterocycles. The van der Waals surface area contributed by atoms with Gasteiger partial charge in [0.1, 0.15) is 5.75 Å². The van der Waals surface area contributed by atoms with Crippen molar-refractivity contribution >= 4 is 21.9 Å². The van der Waals surface area contributed by atoms with E-state index in [9.17, 15) is 15.0 Å². The van der Waals surface area contributed by atoms with Crippen molar-refractivity contribution in [1.29, 1.82) is 0 Å². The normalized spacial score (nSPS) is 12.2. The molecule has 0 aliphatic rings. The van der Waals surface area contributed by atoms with Crippen LogP contribution in [0.25, 0.3) is 0 Å². The number of carbonyl (C=O) groups is 1. The maximum Gasteiger partial charge on any atom is 0.308 e. The summed E-state index contributed by atoms with van der Waals surface area (Å²) in [5.41, 5.74) is 0.309. The highest BCUT2D eigenvalue weighted by molar-refractivity contribution is 9.10. The lowest BCUT2D eigenvalue weighted by atomic mass is 10.1. The van der Waals surface area contributed by atoms with E-state index in [2.05, 4.69) is 20.7 Å². The van der Waals surface area contributed by atoms with Crippen LogP contribution >= 0.6 is 15.9 Å². The fourth-order valence-corrected chi connectivity index (χ4v) is 1.50. The summed E-state index contributed by atoms with van der Waals surface area (Å²) >= 11 is 3.18. The van der Waals surface area contributed by atoms with Crippen molar-refractivity contribution in [3.8, 4) is 5.75 Å². The number of methoxy groups -OCH3 is 1. The molecule has 0 aliphatic carbocycles. The smallest absolute Gasteiger partial charge is 0.308 e.